The summed E-state index contributed by atoms with van der Waals surface area (Å²) in [4.78, 5) is 15.7. The summed E-state index contributed by atoms with van der Waals surface area (Å²) in [6, 6.07) is 9.60. The maximum Gasteiger partial charge on any atom is 0.410 e. The maximum atomic E-state index is 14.1. The van der Waals surface area contributed by atoms with Gasteiger partial charge in [0, 0.05) is 38.8 Å². The Morgan fingerprint density at radius 2 is 1.77 bits per heavy atom. The third kappa shape index (κ3) is 6.35. The minimum Gasteiger partial charge on any atom is -0.444 e. The SMILES string of the molecule is CC(C)(C)OC(=O)N1CCC(NC[C@]2(C(F)(F)F)CCN(Cc3ccccc3)C2)CC1. The summed E-state index contributed by atoms with van der Waals surface area (Å²) in [5.74, 6) is 0. The van der Waals surface area contributed by atoms with E-state index in [1.807, 2.05) is 56.0 Å². The molecule has 0 aliphatic carbocycles. The van der Waals surface area contributed by atoms with Crippen molar-refractivity contribution in [1.82, 2.24) is 15.1 Å². The molecule has 1 atom stereocenters. The molecular weight excluding hydrogens is 407 g/mol. The molecule has 2 aliphatic heterocycles. The van der Waals surface area contributed by atoms with E-state index in [0.29, 0.717) is 39.0 Å². The topological polar surface area (TPSA) is 44.8 Å². The summed E-state index contributed by atoms with van der Waals surface area (Å²) >= 11 is 0. The van der Waals surface area contributed by atoms with Crippen LogP contribution in [-0.2, 0) is 11.3 Å². The molecule has 5 nitrogen and oxygen atoms in total. The summed E-state index contributed by atoms with van der Waals surface area (Å²) in [7, 11) is 0. The molecule has 174 valence electrons. The molecule has 2 saturated heterocycles. The van der Waals surface area contributed by atoms with Crippen LogP contribution in [0.25, 0.3) is 0 Å². The van der Waals surface area contributed by atoms with Gasteiger partial charge in [0.05, 0.1) is 5.41 Å². The first-order valence-corrected chi connectivity index (χ1v) is 11.0. The molecule has 0 unspecified atom stereocenters. The normalized spacial score (nSPS) is 23.9. The Balaban J connectivity index is 1.52. The van der Waals surface area contributed by atoms with Crippen LogP contribution in [0.5, 0.6) is 0 Å². The zero-order chi connectivity index (χ0) is 22.7. The fraction of sp³-hybridized carbons (Fsp3) is 0.696. The Labute approximate surface area is 182 Å². The van der Waals surface area contributed by atoms with Crippen LogP contribution in [0.2, 0.25) is 0 Å². The Kier molecular flexibility index (Phi) is 7.21. The number of nitrogens with zero attached hydrogens (tertiary/aromatic N) is 2. The van der Waals surface area contributed by atoms with E-state index in [-0.39, 0.29) is 31.6 Å². The molecule has 2 heterocycles. The summed E-state index contributed by atoms with van der Waals surface area (Å²) in [6.07, 6.45) is -3.26. The van der Waals surface area contributed by atoms with Crippen molar-refractivity contribution >= 4 is 6.09 Å². The molecule has 0 saturated carbocycles. The largest absolute Gasteiger partial charge is 0.444 e. The number of benzene rings is 1. The molecule has 2 fully saturated rings. The fourth-order valence-electron chi connectivity index (χ4n) is 4.34. The van der Waals surface area contributed by atoms with Crippen molar-refractivity contribution in [1.29, 1.82) is 0 Å². The van der Waals surface area contributed by atoms with Gasteiger partial charge >= 0.3 is 12.3 Å². The van der Waals surface area contributed by atoms with Crippen LogP contribution in [0.1, 0.15) is 45.6 Å². The van der Waals surface area contributed by atoms with Gasteiger partial charge in [-0.15, -0.1) is 0 Å². The van der Waals surface area contributed by atoms with Gasteiger partial charge in [-0.25, -0.2) is 4.79 Å². The second-order valence-electron chi connectivity index (χ2n) is 9.85. The molecule has 0 aromatic heterocycles. The minimum absolute atomic E-state index is 0.00908. The summed E-state index contributed by atoms with van der Waals surface area (Å²) in [5, 5.41) is 3.18. The second kappa shape index (κ2) is 9.36. The Bertz CT molecular complexity index is 728. The van der Waals surface area contributed by atoms with E-state index in [0.717, 1.165) is 5.56 Å². The lowest BCUT2D eigenvalue weighted by atomic mass is 9.85. The van der Waals surface area contributed by atoms with Gasteiger partial charge < -0.3 is 15.0 Å². The predicted molar refractivity (Wildman–Crippen MR) is 114 cm³/mol. The van der Waals surface area contributed by atoms with Crippen LogP contribution < -0.4 is 5.32 Å². The molecular formula is C23H34F3N3O2. The zero-order valence-corrected chi connectivity index (χ0v) is 18.7. The number of alkyl halides is 3. The number of hydrogen-bond donors (Lipinski definition) is 1. The number of ether oxygens (including phenoxy) is 1. The summed E-state index contributed by atoms with van der Waals surface area (Å²) in [5.41, 5.74) is -1.26. The Morgan fingerprint density at radius 1 is 1.13 bits per heavy atom. The minimum atomic E-state index is -4.26. The highest BCUT2D eigenvalue weighted by molar-refractivity contribution is 5.68. The average Bonchev–Trinajstić information content (AvgIpc) is 3.10. The van der Waals surface area contributed by atoms with Crippen molar-refractivity contribution < 1.29 is 22.7 Å². The molecule has 0 spiro atoms. The van der Waals surface area contributed by atoms with E-state index in [4.69, 9.17) is 4.74 Å². The van der Waals surface area contributed by atoms with Crippen molar-refractivity contribution in [2.75, 3.05) is 32.7 Å². The first-order chi connectivity index (χ1) is 14.5. The zero-order valence-electron chi connectivity index (χ0n) is 18.7. The van der Waals surface area contributed by atoms with Gasteiger partial charge in [0.2, 0.25) is 0 Å². The third-order valence-electron chi connectivity index (χ3n) is 6.16. The standard InChI is InChI=1S/C23H34F3N3O2/c1-21(2,3)31-20(30)29-12-9-19(10-13-29)27-16-22(23(24,25)26)11-14-28(17-22)15-18-7-5-4-6-8-18/h4-8,19,27H,9-17H2,1-3H3/t22-/m1/s1. The van der Waals surface area contributed by atoms with Crippen molar-refractivity contribution in [3.63, 3.8) is 0 Å². The Morgan fingerprint density at radius 3 is 2.35 bits per heavy atom. The number of carbonyl (C=O) groups excluding carboxylic acids is 1. The number of amides is 1. The van der Waals surface area contributed by atoms with E-state index in [1.165, 1.54) is 0 Å². The number of halogens is 3. The average molecular weight is 442 g/mol. The number of nitrogens with one attached hydrogen (secondary N) is 1. The molecule has 1 N–H and O–H groups in total. The van der Waals surface area contributed by atoms with Gasteiger partial charge in [0.25, 0.3) is 0 Å². The molecule has 0 radical (unpaired) electrons. The molecule has 3 rings (SSSR count). The highest BCUT2D eigenvalue weighted by atomic mass is 19.4. The number of hydrogen-bond acceptors (Lipinski definition) is 4. The molecule has 1 aromatic rings. The number of likely N-dealkylation sites (tertiary alicyclic amines) is 2. The number of piperidine rings is 1. The van der Waals surface area contributed by atoms with Crippen LogP contribution in [0.3, 0.4) is 0 Å². The van der Waals surface area contributed by atoms with Crippen molar-refractivity contribution in [2.45, 2.75) is 64.4 Å². The van der Waals surface area contributed by atoms with E-state index < -0.39 is 17.2 Å². The van der Waals surface area contributed by atoms with E-state index >= 15 is 0 Å². The smallest absolute Gasteiger partial charge is 0.410 e. The maximum absolute atomic E-state index is 14.1. The van der Waals surface area contributed by atoms with Crippen LogP contribution in [0, 0.1) is 5.41 Å². The van der Waals surface area contributed by atoms with E-state index in [9.17, 15) is 18.0 Å². The van der Waals surface area contributed by atoms with Gasteiger partial charge in [-0.2, -0.15) is 13.2 Å². The Hall–Kier alpha value is -1.80. The molecule has 0 bridgehead atoms. The lowest BCUT2D eigenvalue weighted by Crippen LogP contribution is -2.52. The molecule has 2 aliphatic rings. The van der Waals surface area contributed by atoms with Crippen molar-refractivity contribution in [3.8, 4) is 0 Å². The highest BCUT2D eigenvalue weighted by Gasteiger charge is 2.57. The van der Waals surface area contributed by atoms with Crippen LogP contribution in [-0.4, -0.2) is 66.4 Å². The van der Waals surface area contributed by atoms with Gasteiger partial charge in [-0.05, 0) is 52.1 Å². The second-order valence-corrected chi connectivity index (χ2v) is 9.85. The van der Waals surface area contributed by atoms with Crippen LogP contribution in [0.15, 0.2) is 30.3 Å². The molecule has 8 heteroatoms. The fourth-order valence-corrected chi connectivity index (χ4v) is 4.34. The van der Waals surface area contributed by atoms with E-state index in [1.54, 1.807) is 4.90 Å². The van der Waals surface area contributed by atoms with Gasteiger partial charge in [-0.1, -0.05) is 30.3 Å². The van der Waals surface area contributed by atoms with Crippen molar-refractivity contribution in [3.05, 3.63) is 35.9 Å². The van der Waals surface area contributed by atoms with Gasteiger partial charge in [0.1, 0.15) is 5.60 Å². The van der Waals surface area contributed by atoms with Gasteiger partial charge in [-0.3, -0.25) is 4.90 Å². The van der Waals surface area contributed by atoms with Crippen LogP contribution in [0.4, 0.5) is 18.0 Å². The third-order valence-corrected chi connectivity index (χ3v) is 6.16. The molecule has 31 heavy (non-hydrogen) atoms. The predicted octanol–water partition coefficient (Wildman–Crippen LogP) is 4.43. The number of carbonyl (C=O) groups is 1. The quantitative estimate of drug-likeness (QED) is 0.734. The monoisotopic (exact) mass is 441 g/mol. The molecule has 1 aromatic carbocycles. The summed E-state index contributed by atoms with van der Waals surface area (Å²) < 4.78 is 47.6. The van der Waals surface area contributed by atoms with Crippen molar-refractivity contribution in [2.24, 2.45) is 5.41 Å². The summed E-state index contributed by atoms with van der Waals surface area (Å²) in [6.45, 7) is 7.33. The van der Waals surface area contributed by atoms with Gasteiger partial charge in [0.15, 0.2) is 0 Å². The number of rotatable bonds is 5. The lowest BCUT2D eigenvalue weighted by molar-refractivity contribution is -0.218. The first-order valence-electron chi connectivity index (χ1n) is 11.0. The van der Waals surface area contributed by atoms with E-state index in [2.05, 4.69) is 5.32 Å². The lowest BCUT2D eigenvalue weighted by Gasteiger charge is -2.37. The molecule has 1 amide bonds. The highest BCUT2D eigenvalue weighted by Crippen LogP contribution is 2.45. The first kappa shape index (κ1) is 23.9. The van der Waals surface area contributed by atoms with Crippen LogP contribution >= 0.6 is 0 Å².